The number of aliphatic imine (C=N–C) groups is 1. The molecule has 37 heavy (non-hydrogen) atoms. The first-order valence-electron chi connectivity index (χ1n) is 11.7. The molecule has 0 aliphatic heterocycles. The van der Waals surface area contributed by atoms with Crippen molar-refractivity contribution < 1.29 is 33.3 Å². The number of anilines is 2. The van der Waals surface area contributed by atoms with Crippen LogP contribution in [0.2, 0.25) is 0 Å². The van der Waals surface area contributed by atoms with Crippen molar-refractivity contribution in [2.24, 2.45) is 4.99 Å². The van der Waals surface area contributed by atoms with E-state index in [0.717, 1.165) is 30.6 Å². The molecule has 0 bridgehead atoms. The lowest BCUT2D eigenvalue weighted by atomic mass is 9.95. The maximum absolute atomic E-state index is 14.0. The molecule has 0 saturated heterocycles. The van der Waals surface area contributed by atoms with E-state index in [2.05, 4.69) is 10.3 Å². The number of para-hydroxylation sites is 1. The van der Waals surface area contributed by atoms with Gasteiger partial charge in [-0.25, -0.2) is 4.99 Å². The zero-order valence-electron chi connectivity index (χ0n) is 20.2. The number of nitrogens with zero attached hydrogens (tertiary/aromatic N) is 3. The predicted octanol–water partition coefficient (Wildman–Crippen LogP) is 6.30. The van der Waals surface area contributed by atoms with Gasteiger partial charge in [-0.15, -0.1) is 11.3 Å². The number of phenolic OH excluding ortho intramolecular Hbond substituents is 1. The van der Waals surface area contributed by atoms with Gasteiger partial charge in [0.1, 0.15) is 5.69 Å². The summed E-state index contributed by atoms with van der Waals surface area (Å²) in [7, 11) is 3.01. The number of alkyl halides is 3. The average molecular weight is 537 g/mol. The summed E-state index contributed by atoms with van der Waals surface area (Å²) in [6, 6.07) is 6.64. The number of amides is 1. The number of carbonyl (C=O) groups is 1. The number of aromatic nitrogens is 1. The lowest BCUT2D eigenvalue weighted by molar-refractivity contribution is -0.0578. The molecule has 198 valence electrons. The topological polar surface area (TPSA) is 110 Å². The van der Waals surface area contributed by atoms with Gasteiger partial charge in [-0.05, 0) is 36.4 Å². The van der Waals surface area contributed by atoms with E-state index in [1.54, 1.807) is 0 Å². The van der Waals surface area contributed by atoms with E-state index in [1.807, 2.05) is 0 Å². The van der Waals surface area contributed by atoms with E-state index in [4.69, 9.17) is 0 Å². The van der Waals surface area contributed by atoms with Crippen molar-refractivity contribution in [2.45, 2.75) is 44.3 Å². The highest BCUT2D eigenvalue weighted by atomic mass is 32.1. The lowest BCUT2D eigenvalue weighted by Gasteiger charge is -2.24. The van der Waals surface area contributed by atoms with E-state index in [1.165, 1.54) is 59.3 Å². The fourth-order valence-corrected chi connectivity index (χ4v) is 5.17. The normalized spacial score (nSPS) is 15.1. The second-order valence-electron chi connectivity index (χ2n) is 8.99. The second-order valence-corrected chi connectivity index (χ2v) is 9.94. The van der Waals surface area contributed by atoms with Crippen molar-refractivity contribution in [3.63, 3.8) is 0 Å². The Morgan fingerprint density at radius 3 is 2.38 bits per heavy atom. The van der Waals surface area contributed by atoms with Crippen LogP contribution in [0.1, 0.15) is 53.4 Å². The van der Waals surface area contributed by atoms with Crippen LogP contribution in [0, 0.1) is 0 Å². The van der Waals surface area contributed by atoms with Crippen LogP contribution in [0.25, 0.3) is 0 Å². The molecule has 1 fully saturated rings. The van der Waals surface area contributed by atoms with Gasteiger partial charge >= 0.3 is 6.18 Å². The molecule has 3 aromatic rings. The van der Waals surface area contributed by atoms with Crippen molar-refractivity contribution in [3.05, 3.63) is 46.2 Å². The third-order valence-electron chi connectivity index (χ3n) is 6.25. The molecule has 0 radical (unpaired) electrons. The van der Waals surface area contributed by atoms with Crippen molar-refractivity contribution >= 4 is 40.0 Å². The summed E-state index contributed by atoms with van der Waals surface area (Å²) in [6.45, 7) is 0. The van der Waals surface area contributed by atoms with E-state index in [9.17, 15) is 33.3 Å². The molecule has 8 nitrogen and oxygen atoms in total. The number of hydrogen-bond acceptors (Lipinski definition) is 7. The van der Waals surface area contributed by atoms with Gasteiger partial charge in [0.15, 0.2) is 17.1 Å². The molecule has 1 aromatic carbocycles. The minimum Gasteiger partial charge on any atom is -0.505 e. The Kier molecular flexibility index (Phi) is 7.39. The lowest BCUT2D eigenvalue weighted by Crippen LogP contribution is -2.22. The monoisotopic (exact) mass is 536 g/mol. The van der Waals surface area contributed by atoms with Crippen LogP contribution in [-0.4, -0.2) is 56.7 Å². The summed E-state index contributed by atoms with van der Waals surface area (Å²) in [5.41, 5.74) is -2.17. The number of thiophene rings is 1. The zero-order valence-corrected chi connectivity index (χ0v) is 21.0. The number of halogens is 3. The number of phenols is 1. The maximum Gasteiger partial charge on any atom is 0.434 e. The van der Waals surface area contributed by atoms with Crippen LogP contribution >= 0.6 is 11.3 Å². The first-order valence-corrected chi connectivity index (χ1v) is 12.5. The molecule has 0 unspecified atom stereocenters. The first-order chi connectivity index (χ1) is 17.5. The highest BCUT2D eigenvalue weighted by Crippen LogP contribution is 2.51. The molecule has 1 saturated carbocycles. The Morgan fingerprint density at radius 2 is 1.78 bits per heavy atom. The SMILES string of the molecule is CN(C)C(=O)c1cccc(Nc2c(N=C(c3cccs3)C(F)(F)F)c(O)n(C3CCCCC3)c2O)c1O. The molecule has 0 atom stereocenters. The van der Waals surface area contributed by atoms with Crippen molar-refractivity contribution in [1.82, 2.24) is 9.47 Å². The van der Waals surface area contributed by atoms with Gasteiger partial charge in [-0.2, -0.15) is 13.2 Å². The Bertz CT molecular complexity index is 1310. The average Bonchev–Trinajstić information content (AvgIpc) is 3.45. The van der Waals surface area contributed by atoms with E-state index in [-0.39, 0.29) is 27.9 Å². The largest absolute Gasteiger partial charge is 0.505 e. The van der Waals surface area contributed by atoms with Gasteiger partial charge in [0.2, 0.25) is 11.8 Å². The van der Waals surface area contributed by atoms with Crippen LogP contribution in [0.5, 0.6) is 17.5 Å². The molecular formula is C25H27F3N4O4S. The van der Waals surface area contributed by atoms with Crippen LogP contribution in [0.15, 0.2) is 40.7 Å². The fourth-order valence-electron chi connectivity index (χ4n) is 4.43. The zero-order chi connectivity index (χ0) is 26.9. The molecular weight excluding hydrogens is 509 g/mol. The number of benzene rings is 1. The van der Waals surface area contributed by atoms with Crippen molar-refractivity contribution in [2.75, 3.05) is 19.4 Å². The number of carbonyl (C=O) groups excluding carboxylic acids is 1. The molecule has 2 aromatic heterocycles. The van der Waals surface area contributed by atoms with Crippen molar-refractivity contribution in [1.29, 1.82) is 0 Å². The highest BCUT2D eigenvalue weighted by molar-refractivity contribution is 7.12. The number of hydrogen-bond donors (Lipinski definition) is 4. The quantitative estimate of drug-likeness (QED) is 0.218. The molecule has 4 N–H and O–H groups in total. The first kappa shape index (κ1) is 26.4. The Labute approximate surface area is 215 Å². The van der Waals surface area contributed by atoms with Gasteiger partial charge < -0.3 is 25.5 Å². The van der Waals surface area contributed by atoms with E-state index >= 15 is 0 Å². The van der Waals surface area contributed by atoms with Crippen LogP contribution in [-0.2, 0) is 0 Å². The Balaban J connectivity index is 1.90. The Hall–Kier alpha value is -3.67. The van der Waals surface area contributed by atoms with Gasteiger partial charge in [0, 0.05) is 20.1 Å². The smallest absolute Gasteiger partial charge is 0.434 e. The Morgan fingerprint density at radius 1 is 1.08 bits per heavy atom. The summed E-state index contributed by atoms with van der Waals surface area (Å²) in [6.07, 6.45) is -0.964. The summed E-state index contributed by atoms with van der Waals surface area (Å²) < 4.78 is 43.3. The van der Waals surface area contributed by atoms with Crippen LogP contribution in [0.4, 0.5) is 30.2 Å². The molecule has 1 aliphatic rings. The number of rotatable bonds is 6. The number of nitrogens with one attached hydrogen (secondary N) is 1. The van der Waals surface area contributed by atoms with Gasteiger partial charge in [-0.1, -0.05) is 31.4 Å². The van der Waals surface area contributed by atoms with Crippen LogP contribution < -0.4 is 5.32 Å². The molecule has 4 rings (SSSR count). The molecule has 2 heterocycles. The highest BCUT2D eigenvalue weighted by Gasteiger charge is 2.39. The van der Waals surface area contributed by atoms with Crippen molar-refractivity contribution in [3.8, 4) is 17.5 Å². The fraction of sp³-hybridized carbons (Fsp3) is 0.360. The standard InChI is InChI=1S/C25H27F3N4O4S/c1-31(2)22(34)15-10-6-11-16(20(15)33)29-18-19(30-21(25(26,27)28)17-12-7-13-37-17)24(36)32(23(18)35)14-8-4-3-5-9-14/h6-7,10-14,29,33,35-36H,3-5,8-9H2,1-2H3. The van der Waals surface area contributed by atoms with E-state index in [0.29, 0.717) is 12.8 Å². The second kappa shape index (κ2) is 10.4. The third-order valence-corrected chi connectivity index (χ3v) is 7.12. The minimum absolute atomic E-state index is 0.0509. The van der Waals surface area contributed by atoms with Gasteiger partial charge in [0.25, 0.3) is 5.91 Å². The molecule has 1 amide bonds. The summed E-state index contributed by atoms with van der Waals surface area (Å²) in [5.74, 6) is -2.09. The predicted molar refractivity (Wildman–Crippen MR) is 136 cm³/mol. The maximum atomic E-state index is 14.0. The van der Waals surface area contributed by atoms with Crippen LogP contribution in [0.3, 0.4) is 0 Å². The summed E-state index contributed by atoms with van der Waals surface area (Å²) in [5, 5.41) is 37.2. The van der Waals surface area contributed by atoms with E-state index < -0.39 is 41.0 Å². The summed E-state index contributed by atoms with van der Waals surface area (Å²) >= 11 is 0.838. The molecule has 12 heteroatoms. The summed E-state index contributed by atoms with van der Waals surface area (Å²) in [4.78, 5) is 17.4. The van der Waals surface area contributed by atoms with Gasteiger partial charge in [0.05, 0.1) is 16.1 Å². The van der Waals surface area contributed by atoms with Gasteiger partial charge in [-0.3, -0.25) is 9.36 Å². The third kappa shape index (κ3) is 5.24. The molecule has 1 aliphatic carbocycles. The molecule has 0 spiro atoms. The minimum atomic E-state index is -4.85. The number of aromatic hydroxyl groups is 3.